The van der Waals surface area contributed by atoms with Crippen molar-refractivity contribution in [3.05, 3.63) is 253 Å². The molecule has 3 heteroatoms. The van der Waals surface area contributed by atoms with E-state index in [2.05, 4.69) is 240 Å². The quantitative estimate of drug-likeness (QED) is 0.173. The highest BCUT2D eigenvalue weighted by molar-refractivity contribution is 6.11. The Hall–Kier alpha value is -8.14. The van der Waals surface area contributed by atoms with Crippen LogP contribution in [0.4, 0.5) is 17.1 Å². The van der Waals surface area contributed by atoms with E-state index in [0.29, 0.717) is 0 Å². The third kappa shape index (κ3) is 4.88. The van der Waals surface area contributed by atoms with Gasteiger partial charge in [-0.25, -0.2) is 0 Å². The summed E-state index contributed by atoms with van der Waals surface area (Å²) in [5, 5.41) is 4.93. The molecule has 0 amide bonds. The van der Waals surface area contributed by atoms with Crippen LogP contribution in [0.25, 0.3) is 60.5 Å². The minimum Gasteiger partial charge on any atom is -0.457 e. The smallest absolute Gasteiger partial charge is 0.134 e. The van der Waals surface area contributed by atoms with Crippen molar-refractivity contribution in [3.8, 4) is 39.4 Å². The van der Waals surface area contributed by atoms with Crippen LogP contribution >= 0.6 is 0 Å². The molecule has 0 radical (unpaired) electrons. The molecule has 11 aromatic rings. The van der Waals surface area contributed by atoms with Gasteiger partial charge in [0, 0.05) is 50.6 Å². The lowest BCUT2D eigenvalue weighted by Crippen LogP contribution is -2.36. The first kappa shape index (κ1) is 34.7. The van der Waals surface area contributed by atoms with Crippen molar-refractivity contribution in [1.29, 1.82) is 0 Å². The van der Waals surface area contributed by atoms with Gasteiger partial charge in [-0.2, -0.15) is 0 Å². The molecule has 3 nitrogen and oxygen atoms in total. The Bertz CT molecular complexity index is 3560. The number of fused-ring (bicyclic) bond motifs is 11. The monoisotopic (exact) mass is 790 g/mol. The Morgan fingerprint density at radius 2 is 1.00 bits per heavy atom. The molecule has 10 aromatic carbocycles. The Morgan fingerprint density at radius 3 is 1.87 bits per heavy atom. The zero-order valence-electron chi connectivity index (χ0n) is 33.7. The lowest BCUT2D eigenvalue weighted by molar-refractivity contribution is 0.435. The van der Waals surface area contributed by atoms with E-state index in [-0.39, 0.29) is 0 Å². The van der Waals surface area contributed by atoms with Crippen molar-refractivity contribution in [2.75, 3.05) is 4.90 Å². The number of para-hydroxylation sites is 4. The van der Waals surface area contributed by atoms with Crippen molar-refractivity contribution >= 4 is 49.6 Å². The third-order valence-corrected chi connectivity index (χ3v) is 13.2. The highest BCUT2D eigenvalue weighted by atomic mass is 16.5. The Kier molecular flexibility index (Phi) is 7.52. The van der Waals surface area contributed by atoms with Crippen LogP contribution in [0.3, 0.4) is 0 Å². The van der Waals surface area contributed by atoms with Crippen molar-refractivity contribution in [1.82, 2.24) is 4.57 Å². The molecule has 1 unspecified atom stereocenters. The highest BCUT2D eigenvalue weighted by Crippen LogP contribution is 2.61. The number of nitrogens with zero attached hydrogens (tertiary/aromatic N) is 2. The molecule has 0 saturated heterocycles. The summed E-state index contributed by atoms with van der Waals surface area (Å²) in [6, 6.07) is 83.8. The third-order valence-electron chi connectivity index (χ3n) is 13.2. The molecule has 13 rings (SSSR count). The summed E-state index contributed by atoms with van der Waals surface area (Å²) in [5.74, 6) is 1.71. The second-order valence-electron chi connectivity index (χ2n) is 16.4. The maximum atomic E-state index is 7.13. The molecule has 1 atom stereocenters. The van der Waals surface area contributed by atoms with Gasteiger partial charge in [-0.1, -0.05) is 170 Å². The maximum absolute atomic E-state index is 7.13. The molecule has 0 fully saturated rings. The van der Waals surface area contributed by atoms with E-state index in [1.54, 1.807) is 0 Å². The van der Waals surface area contributed by atoms with Crippen molar-refractivity contribution in [3.63, 3.8) is 0 Å². The summed E-state index contributed by atoms with van der Waals surface area (Å²) in [4.78, 5) is 2.41. The van der Waals surface area contributed by atoms with Gasteiger partial charge < -0.3 is 14.2 Å². The Labute approximate surface area is 360 Å². The van der Waals surface area contributed by atoms with Crippen LogP contribution < -0.4 is 9.64 Å². The predicted molar refractivity (Wildman–Crippen MR) is 256 cm³/mol. The van der Waals surface area contributed by atoms with E-state index in [1.165, 1.54) is 49.3 Å². The molecule has 2 aliphatic rings. The average molecular weight is 791 g/mol. The summed E-state index contributed by atoms with van der Waals surface area (Å²) in [7, 11) is 0. The Morgan fingerprint density at radius 1 is 0.387 bits per heavy atom. The number of hydrogen-bond donors (Lipinski definition) is 0. The first-order valence-electron chi connectivity index (χ1n) is 21.3. The van der Waals surface area contributed by atoms with Gasteiger partial charge in [-0.05, 0) is 93.2 Å². The second kappa shape index (κ2) is 13.4. The maximum Gasteiger partial charge on any atom is 0.134 e. The molecule has 1 spiro atoms. The van der Waals surface area contributed by atoms with Crippen LogP contribution in [0.1, 0.15) is 22.3 Å². The minimum atomic E-state index is -0.613. The summed E-state index contributed by atoms with van der Waals surface area (Å²) >= 11 is 0. The van der Waals surface area contributed by atoms with E-state index in [1.807, 2.05) is 0 Å². The normalized spacial score (nSPS) is 14.6. The SMILES string of the molecule is c1ccc(-c2ccccc2N(c2ccc3c(c2)Oc2ccccc2C32c3ccccc3-c3cccc4cccc2c34)c2ccc3c(c2)c2ccccc2n3-c2ccccc2)cc1. The van der Waals surface area contributed by atoms with Crippen LogP contribution in [0, 0.1) is 0 Å². The number of benzene rings is 10. The lowest BCUT2D eigenvalue weighted by Gasteiger charge is -2.45. The van der Waals surface area contributed by atoms with Crippen LogP contribution in [-0.2, 0) is 5.41 Å². The number of aromatic nitrogens is 1. The topological polar surface area (TPSA) is 17.4 Å². The van der Waals surface area contributed by atoms with Gasteiger partial charge in [0.25, 0.3) is 0 Å². The van der Waals surface area contributed by atoms with Crippen LogP contribution in [0.15, 0.2) is 231 Å². The molecule has 1 aliphatic carbocycles. The fourth-order valence-corrected chi connectivity index (χ4v) is 10.7. The molecule has 1 aromatic heterocycles. The predicted octanol–water partition coefficient (Wildman–Crippen LogP) is 15.5. The molecule has 290 valence electrons. The summed E-state index contributed by atoms with van der Waals surface area (Å²) in [6.45, 7) is 0. The summed E-state index contributed by atoms with van der Waals surface area (Å²) in [5.41, 5.74) is 15.7. The van der Waals surface area contributed by atoms with Gasteiger partial charge in [0.15, 0.2) is 0 Å². The number of ether oxygens (including phenoxy) is 1. The first-order chi connectivity index (χ1) is 30.8. The minimum absolute atomic E-state index is 0.613. The number of hydrogen-bond acceptors (Lipinski definition) is 2. The van der Waals surface area contributed by atoms with Gasteiger partial charge >= 0.3 is 0 Å². The van der Waals surface area contributed by atoms with E-state index in [9.17, 15) is 0 Å². The van der Waals surface area contributed by atoms with Gasteiger partial charge in [0.2, 0.25) is 0 Å². The zero-order valence-corrected chi connectivity index (χ0v) is 33.7. The van der Waals surface area contributed by atoms with E-state index >= 15 is 0 Å². The second-order valence-corrected chi connectivity index (χ2v) is 16.4. The molecule has 0 N–H and O–H groups in total. The van der Waals surface area contributed by atoms with Crippen LogP contribution in [0.5, 0.6) is 11.5 Å². The molecule has 2 heterocycles. The summed E-state index contributed by atoms with van der Waals surface area (Å²) in [6.07, 6.45) is 0. The molecular formula is C59H38N2O. The molecule has 0 bridgehead atoms. The number of anilines is 3. The molecular weight excluding hydrogens is 753 g/mol. The first-order valence-corrected chi connectivity index (χ1v) is 21.3. The lowest BCUT2D eigenvalue weighted by atomic mass is 9.58. The fourth-order valence-electron chi connectivity index (χ4n) is 10.7. The summed E-state index contributed by atoms with van der Waals surface area (Å²) < 4.78 is 9.51. The van der Waals surface area contributed by atoms with E-state index in [4.69, 9.17) is 4.74 Å². The fraction of sp³-hybridized carbons (Fsp3) is 0.0169. The highest BCUT2D eigenvalue weighted by Gasteiger charge is 2.49. The molecule has 62 heavy (non-hydrogen) atoms. The van der Waals surface area contributed by atoms with Gasteiger partial charge in [-0.15, -0.1) is 0 Å². The molecule has 1 aliphatic heterocycles. The van der Waals surface area contributed by atoms with Crippen LogP contribution in [0.2, 0.25) is 0 Å². The van der Waals surface area contributed by atoms with E-state index in [0.717, 1.165) is 62.0 Å². The van der Waals surface area contributed by atoms with Crippen LogP contribution in [-0.4, -0.2) is 4.57 Å². The van der Waals surface area contributed by atoms with Crippen molar-refractivity contribution in [2.45, 2.75) is 5.41 Å². The zero-order chi connectivity index (χ0) is 40.8. The molecule has 0 saturated carbocycles. The largest absolute Gasteiger partial charge is 0.457 e. The van der Waals surface area contributed by atoms with Gasteiger partial charge in [0.1, 0.15) is 11.5 Å². The van der Waals surface area contributed by atoms with Gasteiger partial charge in [-0.3, -0.25) is 0 Å². The van der Waals surface area contributed by atoms with E-state index < -0.39 is 5.41 Å². The van der Waals surface area contributed by atoms with Gasteiger partial charge in [0.05, 0.1) is 22.1 Å². The average Bonchev–Trinajstić information content (AvgIpc) is 3.67. The number of rotatable bonds is 5. The van der Waals surface area contributed by atoms with Crippen molar-refractivity contribution < 1.29 is 4.74 Å². The van der Waals surface area contributed by atoms with Crippen molar-refractivity contribution in [2.24, 2.45) is 0 Å². The standard InChI is InChI=1S/C59H38N2O/c1-3-17-39(18-4-1)44-23-8-12-30-53(44)60(42-34-36-55-48(37-42)46-25-9-13-31-54(46)61(55)41-21-5-2-6-22-41)43-33-35-51-57(38-43)62-56-32-14-11-28-50(56)59(51)49-27-10-7-24-45(49)47-26-15-19-40-20-16-29-52(59)58(40)47/h1-38H. The Balaban J connectivity index is 1.09.